The molecule has 0 rings (SSSR count). The van der Waals surface area contributed by atoms with Crippen molar-refractivity contribution in [3.63, 3.8) is 0 Å². The van der Waals surface area contributed by atoms with Gasteiger partial charge in [-0.3, -0.25) is 0 Å². The van der Waals surface area contributed by atoms with Crippen LogP contribution in [0, 0.1) is 18.8 Å². The average Bonchev–Trinajstić information content (AvgIpc) is 2.04. The SMILES string of the molecule is [CH2]/C=C/C(C)C/C=C/C(C)CC. The molecule has 69 valence electrons. The molecule has 0 bridgehead atoms. The molecule has 0 spiro atoms. The lowest BCUT2D eigenvalue weighted by molar-refractivity contribution is 0.683. The maximum absolute atomic E-state index is 3.68. The summed E-state index contributed by atoms with van der Waals surface area (Å²) in [5.74, 6) is 1.35. The third kappa shape index (κ3) is 6.21. The zero-order valence-electron chi connectivity index (χ0n) is 8.59. The summed E-state index contributed by atoms with van der Waals surface area (Å²) in [6.45, 7) is 10.4. The molecule has 0 aromatic rings. The molecule has 0 fully saturated rings. The molecule has 2 atom stereocenters. The molecule has 0 aromatic carbocycles. The summed E-state index contributed by atoms with van der Waals surface area (Å²) in [6.07, 6.45) is 11.0. The van der Waals surface area contributed by atoms with Gasteiger partial charge in [0, 0.05) is 0 Å². The van der Waals surface area contributed by atoms with Gasteiger partial charge in [0.05, 0.1) is 0 Å². The van der Waals surface area contributed by atoms with Gasteiger partial charge < -0.3 is 0 Å². The molecule has 12 heavy (non-hydrogen) atoms. The molecule has 0 N–H and O–H groups in total. The van der Waals surface area contributed by atoms with Crippen LogP contribution in [-0.2, 0) is 0 Å². The maximum Gasteiger partial charge on any atom is -0.0227 e. The minimum atomic E-state index is 0.628. The minimum Gasteiger partial charge on any atom is -0.0880 e. The lowest BCUT2D eigenvalue weighted by atomic mass is 10.0. The van der Waals surface area contributed by atoms with Gasteiger partial charge in [-0.1, -0.05) is 51.5 Å². The van der Waals surface area contributed by atoms with E-state index in [0.717, 1.165) is 12.3 Å². The number of hydrogen-bond donors (Lipinski definition) is 0. The molecule has 2 unspecified atom stereocenters. The topological polar surface area (TPSA) is 0 Å². The fourth-order valence-corrected chi connectivity index (χ4v) is 0.972. The Morgan fingerprint density at radius 3 is 2.33 bits per heavy atom. The summed E-state index contributed by atoms with van der Waals surface area (Å²) in [5, 5.41) is 0. The molecule has 0 aliphatic carbocycles. The predicted molar refractivity (Wildman–Crippen MR) is 56.9 cm³/mol. The quantitative estimate of drug-likeness (QED) is 0.540. The summed E-state index contributed by atoms with van der Waals surface area (Å²) in [6, 6.07) is 0. The zero-order valence-corrected chi connectivity index (χ0v) is 8.59. The largest absolute Gasteiger partial charge is 0.0880 e. The van der Waals surface area contributed by atoms with Gasteiger partial charge in [0.15, 0.2) is 0 Å². The van der Waals surface area contributed by atoms with Gasteiger partial charge in [0.2, 0.25) is 0 Å². The minimum absolute atomic E-state index is 0.628. The van der Waals surface area contributed by atoms with E-state index in [-0.39, 0.29) is 0 Å². The van der Waals surface area contributed by atoms with E-state index in [2.05, 4.69) is 45.9 Å². The smallest absolute Gasteiger partial charge is 0.0227 e. The summed E-state index contributed by atoms with van der Waals surface area (Å²) in [4.78, 5) is 0. The lowest BCUT2D eigenvalue weighted by Gasteiger charge is -2.02. The lowest BCUT2D eigenvalue weighted by Crippen LogP contribution is -1.88. The molecule has 0 nitrogen and oxygen atoms in total. The zero-order chi connectivity index (χ0) is 9.40. The van der Waals surface area contributed by atoms with Crippen LogP contribution in [0.3, 0.4) is 0 Å². The monoisotopic (exact) mass is 165 g/mol. The standard InChI is InChI=1S/C12H21/c1-5-8-12(4)10-7-9-11(3)6-2/h5,7-9,11-12H,1,6,10H2,2-4H3/b8-5+,9-7+. The van der Waals surface area contributed by atoms with Crippen LogP contribution in [0.2, 0.25) is 0 Å². The van der Waals surface area contributed by atoms with Crippen LogP contribution in [0.4, 0.5) is 0 Å². The first-order chi connectivity index (χ1) is 5.70. The van der Waals surface area contributed by atoms with Crippen molar-refractivity contribution in [2.45, 2.75) is 33.6 Å². The van der Waals surface area contributed by atoms with Gasteiger partial charge in [-0.15, -0.1) is 0 Å². The normalized spacial score (nSPS) is 17.3. The predicted octanol–water partition coefficient (Wildman–Crippen LogP) is 4.01. The molecule has 0 amide bonds. The molecular formula is C12H21. The second-order valence-electron chi connectivity index (χ2n) is 3.45. The van der Waals surface area contributed by atoms with Gasteiger partial charge in [-0.25, -0.2) is 0 Å². The fraction of sp³-hybridized carbons (Fsp3) is 0.583. The van der Waals surface area contributed by atoms with E-state index in [4.69, 9.17) is 0 Å². The van der Waals surface area contributed by atoms with Crippen molar-refractivity contribution in [2.75, 3.05) is 0 Å². The third-order valence-electron chi connectivity index (χ3n) is 2.08. The van der Waals surface area contributed by atoms with Gasteiger partial charge in [0.25, 0.3) is 0 Å². The summed E-state index contributed by atoms with van der Waals surface area (Å²) in [5.41, 5.74) is 0. The van der Waals surface area contributed by atoms with E-state index in [1.807, 2.05) is 6.08 Å². The van der Waals surface area contributed by atoms with Crippen LogP contribution in [0.15, 0.2) is 24.3 Å². The Bertz CT molecular complexity index is 142. The molecule has 0 heteroatoms. The Labute approximate surface area is 77.4 Å². The second-order valence-corrected chi connectivity index (χ2v) is 3.45. The number of allylic oxidation sites excluding steroid dienone is 4. The first-order valence-electron chi connectivity index (χ1n) is 4.83. The number of rotatable bonds is 5. The summed E-state index contributed by atoms with van der Waals surface area (Å²) in [7, 11) is 0. The van der Waals surface area contributed by atoms with E-state index < -0.39 is 0 Å². The van der Waals surface area contributed by atoms with Crippen molar-refractivity contribution >= 4 is 0 Å². The van der Waals surface area contributed by atoms with Crippen molar-refractivity contribution in [1.29, 1.82) is 0 Å². The van der Waals surface area contributed by atoms with Crippen molar-refractivity contribution < 1.29 is 0 Å². The highest BCUT2D eigenvalue weighted by Gasteiger charge is 1.93. The summed E-state index contributed by atoms with van der Waals surface area (Å²) < 4.78 is 0. The first-order valence-corrected chi connectivity index (χ1v) is 4.83. The van der Waals surface area contributed by atoms with Crippen LogP contribution < -0.4 is 0 Å². The Morgan fingerprint density at radius 2 is 1.83 bits per heavy atom. The third-order valence-corrected chi connectivity index (χ3v) is 2.08. The average molecular weight is 165 g/mol. The highest BCUT2D eigenvalue weighted by Crippen LogP contribution is 2.08. The summed E-state index contributed by atoms with van der Waals surface area (Å²) >= 11 is 0. The van der Waals surface area contributed by atoms with Crippen LogP contribution >= 0.6 is 0 Å². The maximum atomic E-state index is 3.68. The second kappa shape index (κ2) is 7.15. The Morgan fingerprint density at radius 1 is 1.17 bits per heavy atom. The van der Waals surface area contributed by atoms with Crippen molar-refractivity contribution in [1.82, 2.24) is 0 Å². The van der Waals surface area contributed by atoms with E-state index in [0.29, 0.717) is 5.92 Å². The van der Waals surface area contributed by atoms with E-state index >= 15 is 0 Å². The van der Waals surface area contributed by atoms with Gasteiger partial charge in [0.1, 0.15) is 0 Å². The molecule has 1 radical (unpaired) electrons. The van der Waals surface area contributed by atoms with E-state index in [1.165, 1.54) is 6.42 Å². The molecule has 0 aliphatic rings. The molecule has 0 heterocycles. The van der Waals surface area contributed by atoms with Crippen molar-refractivity contribution in [3.05, 3.63) is 31.2 Å². The first kappa shape index (κ1) is 11.5. The van der Waals surface area contributed by atoms with Gasteiger partial charge in [-0.05, 0) is 25.2 Å². The van der Waals surface area contributed by atoms with Crippen LogP contribution in [0.25, 0.3) is 0 Å². The molecule has 0 saturated heterocycles. The molecule has 0 saturated carbocycles. The van der Waals surface area contributed by atoms with E-state index in [1.54, 1.807) is 0 Å². The Kier molecular flexibility index (Phi) is 6.84. The highest BCUT2D eigenvalue weighted by molar-refractivity contribution is 4.94. The highest BCUT2D eigenvalue weighted by atomic mass is 14.0. The Balaban J connectivity index is 3.59. The van der Waals surface area contributed by atoms with E-state index in [9.17, 15) is 0 Å². The molecular weight excluding hydrogens is 144 g/mol. The van der Waals surface area contributed by atoms with Crippen LogP contribution in [0.5, 0.6) is 0 Å². The molecule has 0 aromatic heterocycles. The van der Waals surface area contributed by atoms with Crippen molar-refractivity contribution in [2.24, 2.45) is 11.8 Å². The molecule has 0 aliphatic heterocycles. The fourth-order valence-electron chi connectivity index (χ4n) is 0.972. The van der Waals surface area contributed by atoms with Gasteiger partial charge in [-0.2, -0.15) is 0 Å². The Hall–Kier alpha value is -0.520. The van der Waals surface area contributed by atoms with Gasteiger partial charge >= 0.3 is 0 Å². The number of hydrogen-bond acceptors (Lipinski definition) is 0. The van der Waals surface area contributed by atoms with Crippen LogP contribution in [0.1, 0.15) is 33.6 Å². The van der Waals surface area contributed by atoms with Crippen molar-refractivity contribution in [3.8, 4) is 0 Å². The van der Waals surface area contributed by atoms with Crippen LogP contribution in [-0.4, -0.2) is 0 Å².